The van der Waals surface area contributed by atoms with Crippen molar-refractivity contribution >= 4 is 33.2 Å². The van der Waals surface area contributed by atoms with Crippen LogP contribution in [0, 0.1) is 11.3 Å². The minimum absolute atomic E-state index is 0.567. The molecule has 0 bridgehead atoms. The van der Waals surface area contributed by atoms with Gasteiger partial charge in [0, 0.05) is 16.0 Å². The molecule has 1 aromatic carbocycles. The van der Waals surface area contributed by atoms with Gasteiger partial charge < -0.3 is 5.73 Å². The highest BCUT2D eigenvalue weighted by Gasteiger charge is 2.05. The summed E-state index contributed by atoms with van der Waals surface area (Å²) in [6.45, 7) is 0. The molecule has 1 rings (SSSR count). The molecule has 74 valence electrons. The molecule has 0 atom stereocenters. The van der Waals surface area contributed by atoms with Crippen molar-refractivity contribution in [3.8, 4) is 6.07 Å². The van der Waals surface area contributed by atoms with Gasteiger partial charge in [0.2, 0.25) is 0 Å². The molecule has 0 aliphatic rings. The smallest absolute Gasteiger partial charge is 0.100 e. The summed E-state index contributed by atoms with van der Waals surface area (Å²) in [5.41, 5.74) is 8.06. The lowest BCUT2D eigenvalue weighted by Gasteiger charge is -2.06. The van der Waals surface area contributed by atoms with Crippen LogP contribution in [-0.2, 0) is 6.42 Å². The molecule has 0 fully saturated rings. The second-order valence-corrected chi connectivity index (χ2v) is 4.17. The summed E-state index contributed by atoms with van der Waals surface area (Å²) in [4.78, 5) is 0. The maximum atomic E-state index is 8.75. The summed E-state index contributed by atoms with van der Waals surface area (Å²) in [6, 6.07) is 5.64. The minimum atomic E-state index is 0.567. The topological polar surface area (TPSA) is 49.8 Å². The highest BCUT2D eigenvalue weighted by molar-refractivity contribution is 9.10. The van der Waals surface area contributed by atoms with E-state index in [2.05, 4.69) is 22.0 Å². The van der Waals surface area contributed by atoms with Crippen LogP contribution < -0.4 is 5.73 Å². The van der Waals surface area contributed by atoms with Gasteiger partial charge in [-0.05, 0) is 46.5 Å². The Balaban J connectivity index is 2.98. The van der Waals surface area contributed by atoms with E-state index in [1.165, 1.54) is 0 Å². The van der Waals surface area contributed by atoms with Gasteiger partial charge in [0.05, 0.1) is 5.56 Å². The van der Waals surface area contributed by atoms with E-state index >= 15 is 0 Å². The Labute approximate surface area is 96.8 Å². The number of nitriles is 1. The lowest BCUT2D eigenvalue weighted by Crippen LogP contribution is -1.96. The fourth-order valence-electron chi connectivity index (χ4n) is 1.19. The molecule has 0 radical (unpaired) electrons. The molecule has 2 N–H and O–H groups in total. The average molecular weight is 274 g/mol. The number of alkyl halides is 1. The number of anilines is 1. The van der Waals surface area contributed by atoms with Crippen LogP contribution in [0.2, 0.25) is 0 Å². The second kappa shape index (κ2) is 5.23. The SMILES string of the molecule is N#Cc1cc(N)c(CCCCl)cc1Br. The molecule has 14 heavy (non-hydrogen) atoms. The highest BCUT2D eigenvalue weighted by Crippen LogP contribution is 2.24. The maximum absolute atomic E-state index is 8.75. The Bertz CT molecular complexity index is 371. The molecule has 1 aromatic rings. The summed E-state index contributed by atoms with van der Waals surface area (Å²) in [6.07, 6.45) is 1.74. The molecule has 0 saturated carbocycles. The number of benzene rings is 1. The van der Waals surface area contributed by atoms with E-state index in [1.54, 1.807) is 6.07 Å². The van der Waals surface area contributed by atoms with Crippen molar-refractivity contribution in [3.63, 3.8) is 0 Å². The number of hydrogen-bond donors (Lipinski definition) is 1. The molecule has 0 unspecified atom stereocenters. The van der Waals surface area contributed by atoms with E-state index in [-0.39, 0.29) is 0 Å². The Hall–Kier alpha value is -0.720. The lowest BCUT2D eigenvalue weighted by molar-refractivity contribution is 0.930. The van der Waals surface area contributed by atoms with Crippen LogP contribution in [0.3, 0.4) is 0 Å². The molecular weight excluding hydrogens is 263 g/mol. The third-order valence-electron chi connectivity index (χ3n) is 1.93. The zero-order chi connectivity index (χ0) is 10.6. The van der Waals surface area contributed by atoms with Gasteiger partial charge in [-0.3, -0.25) is 0 Å². The van der Waals surface area contributed by atoms with Crippen LogP contribution in [0.25, 0.3) is 0 Å². The number of rotatable bonds is 3. The van der Waals surface area contributed by atoms with Gasteiger partial charge in [0.25, 0.3) is 0 Å². The van der Waals surface area contributed by atoms with Crippen LogP contribution in [0.1, 0.15) is 17.5 Å². The molecule has 0 spiro atoms. The number of hydrogen-bond acceptors (Lipinski definition) is 2. The summed E-state index contributed by atoms with van der Waals surface area (Å²) in [5, 5.41) is 8.75. The van der Waals surface area contributed by atoms with Gasteiger partial charge in [-0.2, -0.15) is 5.26 Å². The normalized spacial score (nSPS) is 9.79. The van der Waals surface area contributed by atoms with Crippen molar-refractivity contribution in [2.24, 2.45) is 0 Å². The first-order valence-corrected chi connectivity index (χ1v) is 5.55. The van der Waals surface area contributed by atoms with Crippen LogP contribution in [0.5, 0.6) is 0 Å². The van der Waals surface area contributed by atoms with Gasteiger partial charge >= 0.3 is 0 Å². The zero-order valence-electron chi connectivity index (χ0n) is 7.56. The minimum Gasteiger partial charge on any atom is -0.398 e. The predicted molar refractivity (Wildman–Crippen MR) is 62.3 cm³/mol. The Morgan fingerprint density at radius 1 is 1.50 bits per heavy atom. The molecular formula is C10H10BrClN2. The van der Waals surface area contributed by atoms with Crippen LogP contribution in [-0.4, -0.2) is 5.88 Å². The Morgan fingerprint density at radius 2 is 2.21 bits per heavy atom. The first-order valence-electron chi connectivity index (χ1n) is 4.23. The Kier molecular flexibility index (Phi) is 4.24. The van der Waals surface area contributed by atoms with Crippen LogP contribution in [0.15, 0.2) is 16.6 Å². The first kappa shape index (κ1) is 11.4. The largest absolute Gasteiger partial charge is 0.398 e. The van der Waals surface area contributed by atoms with E-state index in [4.69, 9.17) is 22.6 Å². The van der Waals surface area contributed by atoms with Crippen molar-refractivity contribution in [1.82, 2.24) is 0 Å². The zero-order valence-corrected chi connectivity index (χ0v) is 9.90. The maximum Gasteiger partial charge on any atom is 0.100 e. The van der Waals surface area contributed by atoms with Gasteiger partial charge in [-0.1, -0.05) is 0 Å². The van der Waals surface area contributed by atoms with Gasteiger partial charge in [-0.25, -0.2) is 0 Å². The molecule has 2 nitrogen and oxygen atoms in total. The number of nitrogens with zero attached hydrogens (tertiary/aromatic N) is 1. The fourth-order valence-corrected chi connectivity index (χ4v) is 1.80. The van der Waals surface area contributed by atoms with E-state index in [1.807, 2.05) is 6.07 Å². The van der Waals surface area contributed by atoms with E-state index in [9.17, 15) is 0 Å². The van der Waals surface area contributed by atoms with Crippen LogP contribution in [0.4, 0.5) is 5.69 Å². The average Bonchev–Trinajstić information content (AvgIpc) is 2.18. The number of nitrogen functional groups attached to an aromatic ring is 1. The van der Waals surface area contributed by atoms with Crippen LogP contribution >= 0.6 is 27.5 Å². The number of halogens is 2. The molecule has 0 aliphatic carbocycles. The lowest BCUT2D eigenvalue weighted by atomic mass is 10.1. The van der Waals surface area contributed by atoms with E-state index in [0.717, 1.165) is 22.9 Å². The van der Waals surface area contributed by atoms with Crippen molar-refractivity contribution in [2.75, 3.05) is 11.6 Å². The first-order chi connectivity index (χ1) is 6.69. The number of aryl methyl sites for hydroxylation is 1. The van der Waals surface area contributed by atoms with Gasteiger partial charge in [0.1, 0.15) is 6.07 Å². The Morgan fingerprint density at radius 3 is 2.79 bits per heavy atom. The summed E-state index contributed by atoms with van der Waals surface area (Å²) in [7, 11) is 0. The van der Waals surface area contributed by atoms with E-state index in [0.29, 0.717) is 17.1 Å². The summed E-state index contributed by atoms with van der Waals surface area (Å²) < 4.78 is 0.791. The van der Waals surface area contributed by atoms with Crippen molar-refractivity contribution in [2.45, 2.75) is 12.8 Å². The molecule has 4 heteroatoms. The van der Waals surface area contributed by atoms with Crippen molar-refractivity contribution in [3.05, 3.63) is 27.7 Å². The van der Waals surface area contributed by atoms with E-state index < -0.39 is 0 Å². The second-order valence-electron chi connectivity index (χ2n) is 2.94. The predicted octanol–water partition coefficient (Wildman–Crippen LogP) is 3.07. The molecule has 0 amide bonds. The number of nitrogens with two attached hydrogens (primary N) is 1. The quantitative estimate of drug-likeness (QED) is 0.679. The summed E-state index contributed by atoms with van der Waals surface area (Å²) >= 11 is 8.92. The van der Waals surface area contributed by atoms with Crippen molar-refractivity contribution in [1.29, 1.82) is 5.26 Å². The van der Waals surface area contributed by atoms with Gasteiger partial charge in [0.15, 0.2) is 0 Å². The molecule has 0 heterocycles. The monoisotopic (exact) mass is 272 g/mol. The third-order valence-corrected chi connectivity index (χ3v) is 2.85. The summed E-state index contributed by atoms with van der Waals surface area (Å²) in [5.74, 6) is 0.622. The van der Waals surface area contributed by atoms with Gasteiger partial charge in [-0.15, -0.1) is 11.6 Å². The standard InChI is InChI=1S/C10H10BrClN2/c11-9-4-7(2-1-3-12)10(14)5-8(9)6-13/h4-5H,1-3,14H2. The molecule has 0 aliphatic heterocycles. The fraction of sp³-hybridized carbons (Fsp3) is 0.300. The molecule has 0 saturated heterocycles. The third kappa shape index (κ3) is 2.63. The van der Waals surface area contributed by atoms with Crippen molar-refractivity contribution < 1.29 is 0 Å². The highest BCUT2D eigenvalue weighted by atomic mass is 79.9. The molecule has 0 aromatic heterocycles.